The molecule has 0 amide bonds. The molecule has 0 aromatic heterocycles. The van der Waals surface area contributed by atoms with Crippen LogP contribution in [0.1, 0.15) is 11.5 Å². The van der Waals surface area contributed by atoms with Crippen LogP contribution < -0.4 is 0 Å². The SMILES string of the molecule is COC(=O)C(C(=O)OC)C(C[N+](=O)[O-])c1ccc(Br)cc1. The van der Waals surface area contributed by atoms with Crippen molar-refractivity contribution in [1.82, 2.24) is 0 Å². The number of nitro groups is 1. The van der Waals surface area contributed by atoms with E-state index in [0.717, 1.165) is 18.7 Å². The smallest absolute Gasteiger partial charge is 0.320 e. The van der Waals surface area contributed by atoms with E-state index in [9.17, 15) is 19.7 Å². The van der Waals surface area contributed by atoms with Crippen LogP contribution in [-0.2, 0) is 19.1 Å². The highest BCUT2D eigenvalue weighted by molar-refractivity contribution is 9.10. The van der Waals surface area contributed by atoms with E-state index in [2.05, 4.69) is 25.4 Å². The van der Waals surface area contributed by atoms with Crippen molar-refractivity contribution in [3.05, 3.63) is 44.4 Å². The number of halogens is 1. The van der Waals surface area contributed by atoms with Gasteiger partial charge >= 0.3 is 11.9 Å². The highest BCUT2D eigenvalue weighted by atomic mass is 79.9. The lowest BCUT2D eigenvalue weighted by molar-refractivity contribution is -0.484. The van der Waals surface area contributed by atoms with Gasteiger partial charge in [0.1, 0.15) is 0 Å². The Kier molecular flexibility index (Phi) is 6.29. The van der Waals surface area contributed by atoms with Crippen molar-refractivity contribution in [2.75, 3.05) is 20.8 Å². The zero-order chi connectivity index (χ0) is 16.0. The molecule has 7 nitrogen and oxygen atoms in total. The fraction of sp³-hybridized carbons (Fsp3) is 0.385. The minimum atomic E-state index is -1.38. The van der Waals surface area contributed by atoms with E-state index in [-0.39, 0.29) is 0 Å². The normalized spacial score (nSPS) is 11.8. The van der Waals surface area contributed by atoms with Crippen LogP contribution in [0.4, 0.5) is 0 Å². The second-order valence-corrected chi connectivity index (χ2v) is 5.11. The molecule has 1 aromatic rings. The van der Waals surface area contributed by atoms with Gasteiger partial charge in [-0.25, -0.2) is 0 Å². The van der Waals surface area contributed by atoms with Crippen LogP contribution in [0.5, 0.6) is 0 Å². The Bertz CT molecular complexity index is 514. The van der Waals surface area contributed by atoms with E-state index in [4.69, 9.17) is 0 Å². The van der Waals surface area contributed by atoms with Gasteiger partial charge in [-0.15, -0.1) is 0 Å². The molecule has 114 valence electrons. The van der Waals surface area contributed by atoms with Crippen LogP contribution in [0.2, 0.25) is 0 Å². The lowest BCUT2D eigenvalue weighted by Gasteiger charge is -2.20. The molecule has 0 saturated heterocycles. The van der Waals surface area contributed by atoms with Crippen LogP contribution in [0, 0.1) is 16.0 Å². The summed E-state index contributed by atoms with van der Waals surface area (Å²) < 4.78 is 9.92. The number of hydrogen-bond donors (Lipinski definition) is 0. The maximum absolute atomic E-state index is 11.8. The summed E-state index contributed by atoms with van der Waals surface area (Å²) in [5.74, 6) is -4.08. The monoisotopic (exact) mass is 359 g/mol. The molecule has 0 spiro atoms. The Balaban J connectivity index is 3.25. The Labute approximate surface area is 129 Å². The molecule has 0 aliphatic rings. The van der Waals surface area contributed by atoms with Crippen molar-refractivity contribution in [2.45, 2.75) is 5.92 Å². The number of rotatable bonds is 6. The molecule has 0 saturated carbocycles. The van der Waals surface area contributed by atoms with E-state index >= 15 is 0 Å². The first-order chi connectivity index (χ1) is 9.90. The number of hydrogen-bond acceptors (Lipinski definition) is 6. The molecule has 0 aliphatic carbocycles. The maximum atomic E-state index is 11.8. The minimum absolute atomic E-state index is 0.482. The summed E-state index contributed by atoms with van der Waals surface area (Å²) in [7, 11) is 2.23. The molecule has 8 heteroatoms. The van der Waals surface area contributed by atoms with Crippen LogP contribution in [-0.4, -0.2) is 37.6 Å². The zero-order valence-electron chi connectivity index (χ0n) is 11.4. The van der Waals surface area contributed by atoms with E-state index in [1.807, 2.05) is 0 Å². The van der Waals surface area contributed by atoms with Crippen molar-refractivity contribution in [2.24, 2.45) is 5.92 Å². The van der Waals surface area contributed by atoms with Gasteiger partial charge in [0.2, 0.25) is 6.54 Å². The topological polar surface area (TPSA) is 95.7 Å². The van der Waals surface area contributed by atoms with E-state index in [1.165, 1.54) is 0 Å². The summed E-state index contributed by atoms with van der Waals surface area (Å²) in [6.45, 7) is -0.587. The zero-order valence-corrected chi connectivity index (χ0v) is 13.0. The van der Waals surface area contributed by atoms with Crippen molar-refractivity contribution < 1.29 is 24.0 Å². The largest absolute Gasteiger partial charge is 0.468 e. The van der Waals surface area contributed by atoms with Gasteiger partial charge in [0.15, 0.2) is 5.92 Å². The van der Waals surface area contributed by atoms with Gasteiger partial charge in [0.05, 0.1) is 20.1 Å². The molecule has 0 fully saturated rings. The van der Waals surface area contributed by atoms with Crippen LogP contribution in [0.25, 0.3) is 0 Å². The van der Waals surface area contributed by atoms with E-state index in [0.29, 0.717) is 5.56 Å². The highest BCUT2D eigenvalue weighted by Gasteiger charge is 2.40. The van der Waals surface area contributed by atoms with Gasteiger partial charge < -0.3 is 9.47 Å². The van der Waals surface area contributed by atoms with Crippen LogP contribution in [0.15, 0.2) is 28.7 Å². The molecule has 0 bridgehead atoms. The van der Waals surface area contributed by atoms with Gasteiger partial charge in [-0.1, -0.05) is 28.1 Å². The molecular formula is C13H14BrNO6. The molecule has 1 unspecified atom stereocenters. The third-order valence-corrected chi connectivity index (χ3v) is 3.49. The summed E-state index contributed by atoms with van der Waals surface area (Å²) in [6.07, 6.45) is 0. The summed E-state index contributed by atoms with van der Waals surface area (Å²) in [5, 5.41) is 10.9. The Morgan fingerprint density at radius 1 is 1.19 bits per heavy atom. The quantitative estimate of drug-likeness (QED) is 0.332. The predicted octanol–water partition coefficient (Wildman–Crippen LogP) is 1.77. The first kappa shape index (κ1) is 17.1. The highest BCUT2D eigenvalue weighted by Crippen LogP contribution is 2.28. The minimum Gasteiger partial charge on any atom is -0.468 e. The van der Waals surface area contributed by atoms with Crippen molar-refractivity contribution >= 4 is 27.9 Å². The number of nitrogens with zero attached hydrogens (tertiary/aromatic N) is 1. The molecule has 0 radical (unpaired) electrons. The van der Waals surface area contributed by atoms with Crippen molar-refractivity contribution in [3.63, 3.8) is 0 Å². The van der Waals surface area contributed by atoms with Crippen LogP contribution in [0.3, 0.4) is 0 Å². The molecule has 0 heterocycles. The second-order valence-electron chi connectivity index (χ2n) is 4.20. The van der Waals surface area contributed by atoms with Gasteiger partial charge in [-0.3, -0.25) is 19.7 Å². The van der Waals surface area contributed by atoms with Gasteiger partial charge in [-0.2, -0.15) is 0 Å². The first-order valence-corrected chi connectivity index (χ1v) is 6.73. The average molecular weight is 360 g/mol. The molecule has 0 N–H and O–H groups in total. The Morgan fingerprint density at radius 3 is 2.05 bits per heavy atom. The fourth-order valence-electron chi connectivity index (χ4n) is 1.95. The molecule has 1 atom stereocenters. The number of carbonyl (C=O) groups excluding carboxylic acids is 2. The van der Waals surface area contributed by atoms with Gasteiger partial charge in [-0.05, 0) is 17.7 Å². The fourth-order valence-corrected chi connectivity index (χ4v) is 2.22. The maximum Gasteiger partial charge on any atom is 0.320 e. The summed E-state index contributed by atoms with van der Waals surface area (Å²) in [4.78, 5) is 33.9. The molecule has 1 aromatic carbocycles. The third-order valence-electron chi connectivity index (χ3n) is 2.96. The van der Waals surface area contributed by atoms with Crippen LogP contribution >= 0.6 is 15.9 Å². The van der Waals surface area contributed by atoms with E-state index in [1.54, 1.807) is 24.3 Å². The molecule has 0 aliphatic heterocycles. The number of ether oxygens (including phenoxy) is 2. The lowest BCUT2D eigenvalue weighted by atomic mass is 9.86. The summed E-state index contributed by atoms with van der Waals surface area (Å²) >= 11 is 3.25. The van der Waals surface area contributed by atoms with Crippen molar-refractivity contribution in [1.29, 1.82) is 0 Å². The van der Waals surface area contributed by atoms with Gasteiger partial charge in [0.25, 0.3) is 0 Å². The Morgan fingerprint density at radius 2 is 1.67 bits per heavy atom. The Hall–Kier alpha value is -1.96. The van der Waals surface area contributed by atoms with Crippen molar-refractivity contribution in [3.8, 4) is 0 Å². The number of benzene rings is 1. The first-order valence-electron chi connectivity index (χ1n) is 5.93. The number of esters is 2. The second kappa shape index (κ2) is 7.72. The average Bonchev–Trinajstić information content (AvgIpc) is 2.46. The predicted molar refractivity (Wildman–Crippen MR) is 76.3 cm³/mol. The standard InChI is InChI=1S/C13H14BrNO6/c1-20-12(16)11(13(17)21-2)10(7-15(18)19)8-3-5-9(14)6-4-8/h3-6,10-11H,7H2,1-2H3. The molecular weight excluding hydrogens is 346 g/mol. The lowest BCUT2D eigenvalue weighted by Crippen LogP contribution is -2.35. The number of methoxy groups -OCH3 is 2. The van der Waals surface area contributed by atoms with Gasteiger partial charge in [0, 0.05) is 9.40 Å². The van der Waals surface area contributed by atoms with E-state index < -0.39 is 35.2 Å². The summed E-state index contributed by atoms with van der Waals surface area (Å²) in [6, 6.07) is 6.57. The molecule has 1 rings (SSSR count). The number of carbonyl (C=O) groups is 2. The third kappa shape index (κ3) is 4.52. The molecule has 21 heavy (non-hydrogen) atoms. The summed E-state index contributed by atoms with van der Waals surface area (Å²) in [5.41, 5.74) is 0.482.